The third-order valence-corrected chi connectivity index (χ3v) is 0. The fourth-order valence-corrected chi connectivity index (χ4v) is 0. The van der Waals surface area contributed by atoms with Crippen molar-refractivity contribution in [1.82, 2.24) is 0 Å². The molecule has 0 fully saturated rings. The SMILES string of the molecule is [Ce].[La].[MgH2].[Zr]. The van der Waals surface area contributed by atoms with E-state index in [-0.39, 0.29) is 127 Å². The van der Waals surface area contributed by atoms with Gasteiger partial charge >= 0.3 is 23.1 Å². The molecule has 0 bridgehead atoms. The van der Waals surface area contributed by atoms with Crippen molar-refractivity contribution in [3.05, 3.63) is 0 Å². The predicted molar refractivity (Wildman–Crippen MR) is 8.54 cm³/mol. The smallest absolute Gasteiger partial charge is 0 e. The van der Waals surface area contributed by atoms with Crippen LogP contribution in [0, 0.1) is 77.3 Å². The molecule has 0 atom stereocenters. The molecular weight excluding hydrogens is 395 g/mol. The Morgan fingerprint density at radius 2 is 1.00 bits per heavy atom. The second kappa shape index (κ2) is 15.7. The Labute approximate surface area is 123 Å². The summed E-state index contributed by atoms with van der Waals surface area (Å²) < 4.78 is 0. The third-order valence-electron chi connectivity index (χ3n) is 0. The summed E-state index contributed by atoms with van der Waals surface area (Å²) in [7, 11) is 0. The summed E-state index contributed by atoms with van der Waals surface area (Å²) in [6, 6.07) is 0. The first-order valence-electron chi connectivity index (χ1n) is 0. The Bertz CT molecular complexity index is 8.00. The maximum Gasteiger partial charge on any atom is 0.316 e. The van der Waals surface area contributed by atoms with Gasteiger partial charge in [-0.2, -0.15) is 0 Å². The van der Waals surface area contributed by atoms with Gasteiger partial charge in [-0.25, -0.2) is 0 Å². The van der Waals surface area contributed by atoms with E-state index in [1.807, 2.05) is 0 Å². The number of hydrogen-bond acceptors (Lipinski definition) is 0. The molecule has 0 spiro atoms. The van der Waals surface area contributed by atoms with Crippen molar-refractivity contribution < 1.29 is 104 Å². The van der Waals surface area contributed by atoms with Crippen molar-refractivity contribution in [2.24, 2.45) is 0 Å². The molecule has 0 aliphatic rings. The van der Waals surface area contributed by atoms with Crippen LogP contribution < -0.4 is 0 Å². The Balaban J connectivity index is 0. The molecule has 4 heavy (non-hydrogen) atoms. The predicted octanol–water partition coefficient (Wildman–Crippen LogP) is -0.919. The maximum absolute atomic E-state index is 0. The van der Waals surface area contributed by atoms with E-state index in [0.717, 1.165) is 0 Å². The van der Waals surface area contributed by atoms with Crippen molar-refractivity contribution in [2.45, 2.75) is 0 Å². The number of rotatable bonds is 0. The standard InChI is InChI=1S/Ce.La.Mg.Zr.2H. The summed E-state index contributed by atoms with van der Waals surface area (Å²) in [5.41, 5.74) is 0. The van der Waals surface area contributed by atoms with Gasteiger partial charge in [-0.15, -0.1) is 0 Å². The average molecular weight is 397 g/mol. The van der Waals surface area contributed by atoms with Gasteiger partial charge in [0.25, 0.3) is 0 Å². The molecule has 0 nitrogen and oxygen atoms in total. The van der Waals surface area contributed by atoms with Crippen LogP contribution in [0.3, 0.4) is 0 Å². The van der Waals surface area contributed by atoms with E-state index in [0.29, 0.717) is 0 Å². The second-order valence-corrected chi connectivity index (χ2v) is 0. The second-order valence-electron chi connectivity index (χ2n) is 0. The zero-order valence-electron chi connectivity index (χ0n) is 1.58. The summed E-state index contributed by atoms with van der Waals surface area (Å²) in [5, 5.41) is 0. The zero-order chi connectivity index (χ0) is 0. The van der Waals surface area contributed by atoms with Crippen LogP contribution in [0.15, 0.2) is 0 Å². The summed E-state index contributed by atoms with van der Waals surface area (Å²) >= 11 is 0. The first kappa shape index (κ1) is 24.1. The summed E-state index contributed by atoms with van der Waals surface area (Å²) in [6.07, 6.45) is 0. The molecule has 0 saturated heterocycles. The van der Waals surface area contributed by atoms with Crippen LogP contribution in [0.4, 0.5) is 0 Å². The Hall–Kier alpha value is 4.22. The van der Waals surface area contributed by atoms with Crippen LogP contribution in [-0.2, 0) is 26.2 Å². The normalized spacial score (nSPS) is 0. The van der Waals surface area contributed by atoms with Crippen LogP contribution in [0.2, 0.25) is 0 Å². The van der Waals surface area contributed by atoms with E-state index in [1.54, 1.807) is 0 Å². The van der Waals surface area contributed by atoms with Gasteiger partial charge in [-0.1, -0.05) is 0 Å². The minimum absolute atomic E-state index is 0. The van der Waals surface area contributed by atoms with Crippen molar-refractivity contribution in [3.63, 3.8) is 0 Å². The van der Waals surface area contributed by atoms with E-state index in [1.165, 1.54) is 0 Å². The summed E-state index contributed by atoms with van der Waals surface area (Å²) in [4.78, 5) is 0. The van der Waals surface area contributed by atoms with E-state index in [2.05, 4.69) is 0 Å². The minimum Gasteiger partial charge on any atom is 0 e. The molecule has 0 aromatic carbocycles. The molecule has 0 aromatic rings. The van der Waals surface area contributed by atoms with Crippen molar-refractivity contribution in [3.8, 4) is 0 Å². The molecule has 0 amide bonds. The Kier molecular flexibility index (Phi) is 94.3. The van der Waals surface area contributed by atoms with Gasteiger partial charge in [0.05, 0.1) is 0 Å². The summed E-state index contributed by atoms with van der Waals surface area (Å²) in [5.74, 6) is 0. The van der Waals surface area contributed by atoms with Crippen LogP contribution in [0.1, 0.15) is 0 Å². The minimum atomic E-state index is 0. The van der Waals surface area contributed by atoms with Crippen molar-refractivity contribution >= 4 is 23.1 Å². The molecular formula is H2CeLaMgZr. The van der Waals surface area contributed by atoms with Crippen molar-refractivity contribution in [2.75, 3.05) is 0 Å². The monoisotopic (exact) mass is 395 g/mol. The maximum atomic E-state index is 0. The molecule has 0 unspecified atom stereocenters. The molecule has 0 aliphatic carbocycles. The Morgan fingerprint density at radius 3 is 1.00 bits per heavy atom. The molecule has 0 aliphatic heterocycles. The molecule has 15 valence electrons. The van der Waals surface area contributed by atoms with Gasteiger partial charge in [0.2, 0.25) is 0 Å². The molecule has 0 saturated carbocycles. The van der Waals surface area contributed by atoms with Crippen LogP contribution >= 0.6 is 0 Å². The number of hydrogen-bond donors (Lipinski definition) is 0. The van der Waals surface area contributed by atoms with Gasteiger partial charge in [-0.05, 0) is 0 Å². The van der Waals surface area contributed by atoms with Crippen LogP contribution in [-0.4, -0.2) is 23.1 Å². The van der Waals surface area contributed by atoms with Gasteiger partial charge < -0.3 is 0 Å². The quantitative estimate of drug-likeness (QED) is 0.465. The molecule has 0 aromatic heterocycles. The van der Waals surface area contributed by atoms with Crippen LogP contribution in [0.5, 0.6) is 0 Å². The van der Waals surface area contributed by atoms with E-state index in [4.69, 9.17) is 0 Å². The van der Waals surface area contributed by atoms with Crippen molar-refractivity contribution in [1.29, 1.82) is 0 Å². The molecule has 4 heteroatoms. The molecule has 0 heterocycles. The van der Waals surface area contributed by atoms with Gasteiger partial charge in [0, 0.05) is 104 Å². The topological polar surface area (TPSA) is 0 Å². The molecule has 0 rings (SSSR count). The largest absolute Gasteiger partial charge is 0.316 e. The fraction of sp³-hybridized carbons (Fsp3) is 0. The average Bonchev–Trinajstić information content (AvgIpc) is 0. The Morgan fingerprint density at radius 1 is 1.00 bits per heavy atom. The van der Waals surface area contributed by atoms with E-state index in [9.17, 15) is 0 Å². The van der Waals surface area contributed by atoms with Gasteiger partial charge in [-0.3, -0.25) is 0 Å². The third kappa shape index (κ3) is 9.52. The first-order valence-corrected chi connectivity index (χ1v) is 0. The zero-order valence-corrected chi connectivity index (χ0v) is 10.8. The fourth-order valence-electron chi connectivity index (χ4n) is 0. The van der Waals surface area contributed by atoms with Crippen LogP contribution in [0.25, 0.3) is 0 Å². The van der Waals surface area contributed by atoms with Gasteiger partial charge in [0.15, 0.2) is 0 Å². The first-order chi connectivity index (χ1) is 0. The van der Waals surface area contributed by atoms with E-state index >= 15 is 0 Å². The summed E-state index contributed by atoms with van der Waals surface area (Å²) in [6.45, 7) is 0. The molecule has 1 radical (unpaired) electrons. The van der Waals surface area contributed by atoms with E-state index < -0.39 is 0 Å². The van der Waals surface area contributed by atoms with Gasteiger partial charge in [0.1, 0.15) is 0 Å². The molecule has 0 N–H and O–H groups in total.